The van der Waals surface area contributed by atoms with E-state index in [9.17, 15) is 5.11 Å². The molecular formula is C22H22N4OS. The van der Waals surface area contributed by atoms with Crippen LogP contribution in [0.15, 0.2) is 67.1 Å². The molecule has 0 bridgehead atoms. The number of anilines is 1. The van der Waals surface area contributed by atoms with Crippen LogP contribution in [0.3, 0.4) is 0 Å². The summed E-state index contributed by atoms with van der Waals surface area (Å²) in [7, 11) is 0. The molecule has 0 saturated carbocycles. The molecule has 2 aromatic heterocycles. The van der Waals surface area contributed by atoms with Gasteiger partial charge in [-0.3, -0.25) is 4.98 Å². The standard InChI is InChI=1S/C22H22N4OS/c1-14-2-4-15(5-3-14)21(27)19(23)12-25-22-26-13-20(28-22)17-6-7-18-11-24-9-8-16(18)10-17/h2-11,13,19,21,27H,12,23H2,1H3,(H,25,26)/t19-,21+/m1/s1. The minimum Gasteiger partial charge on any atom is -0.387 e. The van der Waals surface area contributed by atoms with E-state index >= 15 is 0 Å². The molecule has 5 nitrogen and oxygen atoms in total. The van der Waals surface area contributed by atoms with Crippen LogP contribution in [-0.4, -0.2) is 27.7 Å². The summed E-state index contributed by atoms with van der Waals surface area (Å²) in [5.74, 6) is 0. The summed E-state index contributed by atoms with van der Waals surface area (Å²) < 4.78 is 0. The Kier molecular flexibility index (Phi) is 5.34. The van der Waals surface area contributed by atoms with E-state index in [0.717, 1.165) is 37.5 Å². The quantitative estimate of drug-likeness (QED) is 0.461. The van der Waals surface area contributed by atoms with Crippen LogP contribution >= 0.6 is 11.3 Å². The largest absolute Gasteiger partial charge is 0.387 e. The Morgan fingerprint density at radius 1 is 1.07 bits per heavy atom. The number of rotatable bonds is 6. The minimum atomic E-state index is -0.721. The molecule has 0 fully saturated rings. The number of aliphatic hydroxyl groups is 1. The first-order valence-electron chi connectivity index (χ1n) is 9.14. The molecular weight excluding hydrogens is 368 g/mol. The van der Waals surface area contributed by atoms with E-state index in [0.29, 0.717) is 6.54 Å². The maximum atomic E-state index is 10.5. The van der Waals surface area contributed by atoms with Crippen molar-refractivity contribution in [2.45, 2.75) is 19.1 Å². The van der Waals surface area contributed by atoms with Gasteiger partial charge in [-0.1, -0.05) is 53.3 Å². The minimum absolute atomic E-state index is 0.428. The van der Waals surface area contributed by atoms with Crippen molar-refractivity contribution >= 4 is 27.2 Å². The lowest BCUT2D eigenvalue weighted by Crippen LogP contribution is -2.35. The number of hydrogen-bond acceptors (Lipinski definition) is 6. The Labute approximate surface area is 167 Å². The molecule has 4 aromatic rings. The smallest absolute Gasteiger partial charge is 0.183 e. The summed E-state index contributed by atoms with van der Waals surface area (Å²) in [6, 6.07) is 15.6. The average Bonchev–Trinajstić information content (AvgIpc) is 3.21. The highest BCUT2D eigenvalue weighted by Crippen LogP contribution is 2.31. The van der Waals surface area contributed by atoms with E-state index in [1.54, 1.807) is 17.5 Å². The number of pyridine rings is 1. The Hall–Kier alpha value is -2.80. The van der Waals surface area contributed by atoms with E-state index in [1.807, 2.05) is 49.6 Å². The molecule has 0 radical (unpaired) electrons. The van der Waals surface area contributed by atoms with Gasteiger partial charge in [0.25, 0.3) is 0 Å². The highest BCUT2D eigenvalue weighted by atomic mass is 32.1. The predicted octanol–water partition coefficient (Wildman–Crippen LogP) is 4.14. The molecule has 4 N–H and O–H groups in total. The van der Waals surface area contributed by atoms with Crippen LogP contribution in [0.4, 0.5) is 5.13 Å². The second-order valence-corrected chi connectivity index (χ2v) is 7.90. The van der Waals surface area contributed by atoms with E-state index in [-0.39, 0.29) is 0 Å². The first-order chi connectivity index (χ1) is 13.6. The molecule has 142 valence electrons. The molecule has 6 heteroatoms. The van der Waals surface area contributed by atoms with Gasteiger partial charge in [0.15, 0.2) is 5.13 Å². The van der Waals surface area contributed by atoms with Crippen LogP contribution in [0, 0.1) is 6.92 Å². The maximum Gasteiger partial charge on any atom is 0.183 e. The first kappa shape index (κ1) is 18.6. The molecule has 2 aromatic carbocycles. The first-order valence-corrected chi connectivity index (χ1v) is 9.96. The van der Waals surface area contributed by atoms with Crippen LogP contribution in [0.2, 0.25) is 0 Å². The van der Waals surface area contributed by atoms with Crippen molar-refractivity contribution in [3.8, 4) is 10.4 Å². The van der Waals surface area contributed by atoms with Gasteiger partial charge in [-0.05, 0) is 35.6 Å². The van der Waals surface area contributed by atoms with E-state index in [1.165, 1.54) is 0 Å². The lowest BCUT2D eigenvalue weighted by atomic mass is 10.0. The molecule has 0 aliphatic carbocycles. The van der Waals surface area contributed by atoms with Crippen molar-refractivity contribution in [2.24, 2.45) is 5.73 Å². The molecule has 0 saturated heterocycles. The Morgan fingerprint density at radius 3 is 2.71 bits per heavy atom. The molecule has 4 rings (SSSR count). The van der Waals surface area contributed by atoms with Gasteiger partial charge >= 0.3 is 0 Å². The number of aliphatic hydroxyl groups excluding tert-OH is 1. The van der Waals surface area contributed by atoms with Gasteiger partial charge in [0.2, 0.25) is 0 Å². The molecule has 0 amide bonds. The zero-order chi connectivity index (χ0) is 19.5. The maximum absolute atomic E-state index is 10.5. The summed E-state index contributed by atoms with van der Waals surface area (Å²) in [5.41, 5.74) is 9.27. The number of hydrogen-bond donors (Lipinski definition) is 3. The Balaban J connectivity index is 1.42. The van der Waals surface area contributed by atoms with Gasteiger partial charge in [0.05, 0.1) is 17.0 Å². The zero-order valence-electron chi connectivity index (χ0n) is 15.5. The number of nitrogens with zero attached hydrogens (tertiary/aromatic N) is 2. The number of aromatic nitrogens is 2. The normalized spacial score (nSPS) is 13.4. The van der Waals surface area contributed by atoms with Gasteiger partial charge in [-0.25, -0.2) is 4.98 Å². The average molecular weight is 391 g/mol. The van der Waals surface area contributed by atoms with Crippen LogP contribution in [-0.2, 0) is 0 Å². The van der Waals surface area contributed by atoms with Crippen molar-refractivity contribution in [1.29, 1.82) is 0 Å². The van der Waals surface area contributed by atoms with Crippen LogP contribution in [0.5, 0.6) is 0 Å². The third-order valence-electron chi connectivity index (χ3n) is 4.74. The van der Waals surface area contributed by atoms with Crippen molar-refractivity contribution in [3.05, 3.63) is 78.2 Å². The number of benzene rings is 2. The van der Waals surface area contributed by atoms with Crippen LogP contribution < -0.4 is 11.1 Å². The van der Waals surface area contributed by atoms with Crippen molar-refractivity contribution < 1.29 is 5.11 Å². The number of fused-ring (bicyclic) bond motifs is 1. The monoisotopic (exact) mass is 390 g/mol. The number of aryl methyl sites for hydroxylation is 1. The lowest BCUT2D eigenvalue weighted by molar-refractivity contribution is 0.151. The van der Waals surface area contributed by atoms with E-state index in [2.05, 4.69) is 33.5 Å². The Bertz CT molecular complexity index is 1080. The van der Waals surface area contributed by atoms with Crippen molar-refractivity contribution in [3.63, 3.8) is 0 Å². The number of thiazole rings is 1. The second kappa shape index (κ2) is 8.06. The number of nitrogens with two attached hydrogens (primary N) is 1. The lowest BCUT2D eigenvalue weighted by Gasteiger charge is -2.19. The fourth-order valence-electron chi connectivity index (χ4n) is 3.05. The molecule has 2 heterocycles. The molecule has 2 atom stereocenters. The van der Waals surface area contributed by atoms with Gasteiger partial charge in [-0.15, -0.1) is 0 Å². The van der Waals surface area contributed by atoms with Gasteiger partial charge in [0.1, 0.15) is 0 Å². The third kappa shape index (κ3) is 4.04. The molecule has 0 aliphatic rings. The molecule has 28 heavy (non-hydrogen) atoms. The fourth-order valence-corrected chi connectivity index (χ4v) is 3.87. The highest BCUT2D eigenvalue weighted by molar-refractivity contribution is 7.18. The van der Waals surface area contributed by atoms with Crippen molar-refractivity contribution in [1.82, 2.24) is 9.97 Å². The van der Waals surface area contributed by atoms with Crippen LogP contribution in [0.1, 0.15) is 17.2 Å². The molecule has 0 aliphatic heterocycles. The van der Waals surface area contributed by atoms with Gasteiger partial charge < -0.3 is 16.2 Å². The summed E-state index contributed by atoms with van der Waals surface area (Å²) in [6.07, 6.45) is 4.80. The zero-order valence-corrected chi connectivity index (χ0v) is 16.4. The summed E-state index contributed by atoms with van der Waals surface area (Å²) in [6.45, 7) is 2.45. The fraction of sp³-hybridized carbons (Fsp3) is 0.182. The SMILES string of the molecule is Cc1ccc([C@H](O)[C@H](N)CNc2ncc(-c3ccc4cnccc4c3)s2)cc1. The summed E-state index contributed by atoms with van der Waals surface area (Å²) in [4.78, 5) is 9.67. The summed E-state index contributed by atoms with van der Waals surface area (Å²) in [5, 5.41) is 16.8. The highest BCUT2D eigenvalue weighted by Gasteiger charge is 2.17. The van der Waals surface area contributed by atoms with Crippen molar-refractivity contribution in [2.75, 3.05) is 11.9 Å². The van der Waals surface area contributed by atoms with E-state index in [4.69, 9.17) is 5.73 Å². The predicted molar refractivity (Wildman–Crippen MR) is 115 cm³/mol. The molecule has 0 unspecified atom stereocenters. The van der Waals surface area contributed by atoms with E-state index < -0.39 is 12.1 Å². The number of nitrogens with one attached hydrogen (secondary N) is 1. The molecule has 0 spiro atoms. The van der Waals surface area contributed by atoms with Crippen LogP contribution in [0.25, 0.3) is 21.2 Å². The van der Waals surface area contributed by atoms with Gasteiger partial charge in [0, 0.05) is 30.5 Å². The second-order valence-electron chi connectivity index (χ2n) is 6.87. The third-order valence-corrected chi connectivity index (χ3v) is 5.75. The topological polar surface area (TPSA) is 84.1 Å². The van der Waals surface area contributed by atoms with Gasteiger partial charge in [-0.2, -0.15) is 0 Å². The Morgan fingerprint density at radius 2 is 1.89 bits per heavy atom. The summed E-state index contributed by atoms with van der Waals surface area (Å²) >= 11 is 1.57.